The smallest absolute Gasteiger partial charge is 0.253 e. The molecule has 2 aromatic carbocycles. The van der Waals surface area contributed by atoms with Crippen molar-refractivity contribution in [2.24, 2.45) is 5.92 Å². The minimum atomic E-state index is -0.367. The van der Waals surface area contributed by atoms with E-state index in [0.29, 0.717) is 36.7 Å². The highest BCUT2D eigenvalue weighted by Crippen LogP contribution is 2.21. The first-order chi connectivity index (χ1) is 13.0. The van der Waals surface area contributed by atoms with Crippen molar-refractivity contribution in [1.82, 2.24) is 10.2 Å². The van der Waals surface area contributed by atoms with Crippen LogP contribution in [0.25, 0.3) is 0 Å². The van der Waals surface area contributed by atoms with Gasteiger partial charge in [0.25, 0.3) is 11.8 Å². The van der Waals surface area contributed by atoms with Gasteiger partial charge >= 0.3 is 0 Å². The van der Waals surface area contributed by atoms with E-state index >= 15 is 0 Å². The standard InChI is InChI=1S/C21H22F2N2O2/c22-18-5-1-16(2-6-18)20(26)24-12-9-15-10-13-25(14-11-15)21(27)17-3-7-19(23)8-4-17/h1-8,15H,9-14H2,(H,24,26). The monoisotopic (exact) mass is 372 g/mol. The molecule has 0 spiro atoms. The van der Waals surface area contributed by atoms with Gasteiger partial charge in [0.05, 0.1) is 0 Å². The maximum Gasteiger partial charge on any atom is 0.253 e. The van der Waals surface area contributed by atoms with Crippen molar-refractivity contribution in [1.29, 1.82) is 0 Å². The Labute approximate surface area is 157 Å². The van der Waals surface area contributed by atoms with Crippen molar-refractivity contribution in [3.05, 3.63) is 71.3 Å². The molecule has 0 bridgehead atoms. The summed E-state index contributed by atoms with van der Waals surface area (Å²) in [7, 11) is 0. The molecule has 2 aromatic rings. The first-order valence-electron chi connectivity index (χ1n) is 9.11. The van der Waals surface area contributed by atoms with Gasteiger partial charge in [0, 0.05) is 30.8 Å². The Bertz CT molecular complexity index is 780. The summed E-state index contributed by atoms with van der Waals surface area (Å²) in [6, 6.07) is 11.1. The van der Waals surface area contributed by atoms with Gasteiger partial charge in [-0.2, -0.15) is 0 Å². The third kappa shape index (κ3) is 5.12. The Morgan fingerprint density at radius 1 is 0.889 bits per heavy atom. The van der Waals surface area contributed by atoms with Gasteiger partial charge in [0.2, 0.25) is 0 Å². The molecular formula is C21H22F2N2O2. The van der Waals surface area contributed by atoms with E-state index < -0.39 is 0 Å². The molecule has 0 atom stereocenters. The molecule has 4 nitrogen and oxygen atoms in total. The summed E-state index contributed by atoms with van der Waals surface area (Å²) in [4.78, 5) is 26.2. The van der Waals surface area contributed by atoms with Crippen LogP contribution in [0, 0.1) is 17.6 Å². The zero-order chi connectivity index (χ0) is 19.2. The van der Waals surface area contributed by atoms with Crippen LogP contribution < -0.4 is 5.32 Å². The summed E-state index contributed by atoms with van der Waals surface area (Å²) < 4.78 is 25.9. The maximum atomic E-state index is 13.0. The number of likely N-dealkylation sites (tertiary alicyclic amines) is 1. The fraction of sp³-hybridized carbons (Fsp3) is 0.333. The summed E-state index contributed by atoms with van der Waals surface area (Å²) in [6.45, 7) is 1.87. The van der Waals surface area contributed by atoms with Crippen LogP contribution in [-0.2, 0) is 0 Å². The summed E-state index contributed by atoms with van der Waals surface area (Å²) in [5.41, 5.74) is 0.942. The molecule has 0 saturated carbocycles. The number of carbonyl (C=O) groups is 2. The molecule has 0 unspecified atom stereocenters. The zero-order valence-electron chi connectivity index (χ0n) is 15.0. The van der Waals surface area contributed by atoms with Gasteiger partial charge in [-0.3, -0.25) is 9.59 Å². The van der Waals surface area contributed by atoms with E-state index in [1.54, 1.807) is 4.90 Å². The van der Waals surface area contributed by atoms with Gasteiger partial charge in [-0.15, -0.1) is 0 Å². The molecule has 0 aromatic heterocycles. The van der Waals surface area contributed by atoms with E-state index in [1.165, 1.54) is 48.5 Å². The lowest BCUT2D eigenvalue weighted by Gasteiger charge is -2.32. The van der Waals surface area contributed by atoms with Gasteiger partial charge in [0.15, 0.2) is 0 Å². The molecule has 1 aliphatic heterocycles. The molecule has 0 radical (unpaired) electrons. The largest absolute Gasteiger partial charge is 0.352 e. The second-order valence-corrected chi connectivity index (χ2v) is 6.79. The normalized spacial score (nSPS) is 14.8. The molecular weight excluding hydrogens is 350 g/mol. The molecule has 0 aliphatic carbocycles. The molecule has 1 fully saturated rings. The molecule has 3 rings (SSSR count). The zero-order valence-corrected chi connectivity index (χ0v) is 15.0. The van der Waals surface area contributed by atoms with Crippen molar-refractivity contribution in [2.45, 2.75) is 19.3 Å². The van der Waals surface area contributed by atoms with Crippen LogP contribution in [0.1, 0.15) is 40.0 Å². The number of rotatable bonds is 5. The highest BCUT2D eigenvalue weighted by Gasteiger charge is 2.23. The van der Waals surface area contributed by atoms with Gasteiger partial charge in [-0.25, -0.2) is 8.78 Å². The lowest BCUT2D eigenvalue weighted by Crippen LogP contribution is -2.39. The van der Waals surface area contributed by atoms with E-state index in [1.807, 2.05) is 0 Å². The quantitative estimate of drug-likeness (QED) is 0.871. The van der Waals surface area contributed by atoms with Gasteiger partial charge < -0.3 is 10.2 Å². The molecule has 27 heavy (non-hydrogen) atoms. The topological polar surface area (TPSA) is 49.4 Å². The number of piperidine rings is 1. The lowest BCUT2D eigenvalue weighted by molar-refractivity contribution is 0.0687. The first kappa shape index (κ1) is 19.0. The summed E-state index contributed by atoms with van der Waals surface area (Å²) in [6.07, 6.45) is 2.59. The number of amides is 2. The number of nitrogens with zero attached hydrogens (tertiary/aromatic N) is 1. The molecule has 1 saturated heterocycles. The van der Waals surface area contributed by atoms with E-state index in [0.717, 1.165) is 19.3 Å². The van der Waals surface area contributed by atoms with Crippen molar-refractivity contribution in [3.8, 4) is 0 Å². The Kier molecular flexibility index (Phi) is 6.16. The average molecular weight is 372 g/mol. The predicted octanol–water partition coefficient (Wildman–Crippen LogP) is 3.64. The third-order valence-corrected chi connectivity index (χ3v) is 4.94. The number of nitrogens with one attached hydrogen (secondary N) is 1. The third-order valence-electron chi connectivity index (χ3n) is 4.94. The second-order valence-electron chi connectivity index (χ2n) is 6.79. The summed E-state index contributed by atoms with van der Waals surface area (Å²) in [5.74, 6) is -0.561. The van der Waals surface area contributed by atoms with Crippen molar-refractivity contribution in [2.75, 3.05) is 19.6 Å². The molecule has 1 heterocycles. The van der Waals surface area contributed by atoms with Gasteiger partial charge in [0.1, 0.15) is 11.6 Å². The fourth-order valence-electron chi connectivity index (χ4n) is 3.29. The van der Waals surface area contributed by atoms with Gasteiger partial charge in [-0.1, -0.05) is 0 Å². The van der Waals surface area contributed by atoms with Crippen LogP contribution >= 0.6 is 0 Å². The number of halogens is 2. The number of carbonyl (C=O) groups excluding carboxylic acids is 2. The average Bonchev–Trinajstić information content (AvgIpc) is 2.69. The lowest BCUT2D eigenvalue weighted by atomic mass is 9.93. The number of hydrogen-bond donors (Lipinski definition) is 1. The minimum Gasteiger partial charge on any atom is -0.352 e. The van der Waals surface area contributed by atoms with Crippen molar-refractivity contribution in [3.63, 3.8) is 0 Å². The summed E-state index contributed by atoms with van der Waals surface area (Å²) >= 11 is 0. The molecule has 1 aliphatic rings. The molecule has 6 heteroatoms. The van der Waals surface area contributed by atoms with E-state index in [-0.39, 0.29) is 23.4 Å². The molecule has 2 amide bonds. The van der Waals surface area contributed by atoms with E-state index in [4.69, 9.17) is 0 Å². The fourth-order valence-corrected chi connectivity index (χ4v) is 3.29. The van der Waals surface area contributed by atoms with Crippen LogP contribution in [0.5, 0.6) is 0 Å². The van der Waals surface area contributed by atoms with Crippen LogP contribution in [0.2, 0.25) is 0 Å². The highest BCUT2D eigenvalue weighted by molar-refractivity contribution is 5.94. The second kappa shape index (κ2) is 8.75. The summed E-state index contributed by atoms with van der Waals surface area (Å²) in [5, 5.41) is 2.85. The van der Waals surface area contributed by atoms with Crippen LogP contribution in [0.15, 0.2) is 48.5 Å². The van der Waals surface area contributed by atoms with Crippen molar-refractivity contribution < 1.29 is 18.4 Å². The van der Waals surface area contributed by atoms with Gasteiger partial charge in [-0.05, 0) is 73.7 Å². The number of benzene rings is 2. The van der Waals surface area contributed by atoms with Crippen LogP contribution in [0.4, 0.5) is 8.78 Å². The van der Waals surface area contributed by atoms with E-state index in [9.17, 15) is 18.4 Å². The molecule has 142 valence electrons. The van der Waals surface area contributed by atoms with Crippen LogP contribution in [0.3, 0.4) is 0 Å². The first-order valence-corrected chi connectivity index (χ1v) is 9.11. The predicted molar refractivity (Wildman–Crippen MR) is 98.4 cm³/mol. The Hall–Kier alpha value is -2.76. The Morgan fingerprint density at radius 3 is 1.96 bits per heavy atom. The Morgan fingerprint density at radius 2 is 1.41 bits per heavy atom. The maximum absolute atomic E-state index is 13.0. The minimum absolute atomic E-state index is 0.0712. The van der Waals surface area contributed by atoms with E-state index in [2.05, 4.69) is 5.32 Å². The SMILES string of the molecule is O=C(NCCC1CCN(C(=O)c2ccc(F)cc2)CC1)c1ccc(F)cc1. The Balaban J connectivity index is 1.40. The highest BCUT2D eigenvalue weighted by atomic mass is 19.1. The number of hydrogen-bond acceptors (Lipinski definition) is 2. The van der Waals surface area contributed by atoms with Crippen LogP contribution in [-0.4, -0.2) is 36.3 Å². The van der Waals surface area contributed by atoms with Crippen molar-refractivity contribution >= 4 is 11.8 Å². The molecule has 1 N–H and O–H groups in total.